The molecular formula is C17H19FN2O4S2. The van der Waals surface area contributed by atoms with Gasteiger partial charge in [-0.15, -0.1) is 11.3 Å². The molecule has 1 aliphatic heterocycles. The first-order valence-corrected chi connectivity index (χ1v) is 10.5. The highest BCUT2D eigenvalue weighted by atomic mass is 32.2. The topological polar surface area (TPSA) is 75.7 Å². The smallest absolute Gasteiger partial charge is 0.317 e. The number of urea groups is 1. The molecular weight excluding hydrogens is 379 g/mol. The fourth-order valence-electron chi connectivity index (χ4n) is 2.68. The number of nitrogens with zero attached hydrogens (tertiary/aromatic N) is 1. The number of carbonyl (C=O) groups is 1. The zero-order chi connectivity index (χ0) is 18.6. The Bertz CT molecular complexity index is 832. The SMILES string of the molecule is O=C(NCC(c1cccs1)S(=O)(=O)c1ccc(F)cc1)N1CCOCC1. The molecule has 1 aromatic heterocycles. The lowest BCUT2D eigenvalue weighted by molar-refractivity contribution is 0.0532. The summed E-state index contributed by atoms with van der Waals surface area (Å²) in [5, 5.41) is 3.56. The molecule has 2 amide bonds. The average Bonchev–Trinajstić information content (AvgIpc) is 3.17. The van der Waals surface area contributed by atoms with Crippen LogP contribution < -0.4 is 5.32 Å². The van der Waals surface area contributed by atoms with Crippen molar-refractivity contribution in [3.05, 3.63) is 52.5 Å². The molecule has 0 saturated carbocycles. The normalized spacial score (nSPS) is 16.3. The Balaban J connectivity index is 1.79. The second kappa shape index (κ2) is 8.15. The predicted octanol–water partition coefficient (Wildman–Crippen LogP) is 2.44. The van der Waals surface area contributed by atoms with Crippen molar-refractivity contribution in [3.8, 4) is 0 Å². The van der Waals surface area contributed by atoms with Gasteiger partial charge in [-0.2, -0.15) is 0 Å². The fraction of sp³-hybridized carbons (Fsp3) is 0.353. The fourth-order valence-corrected chi connectivity index (χ4v) is 5.47. The lowest BCUT2D eigenvalue weighted by Gasteiger charge is -2.27. The van der Waals surface area contributed by atoms with E-state index in [-0.39, 0.29) is 17.5 Å². The lowest BCUT2D eigenvalue weighted by atomic mass is 10.3. The van der Waals surface area contributed by atoms with Gasteiger partial charge < -0.3 is 15.0 Å². The monoisotopic (exact) mass is 398 g/mol. The Labute approximate surface area is 155 Å². The molecule has 3 rings (SSSR count). The number of hydrogen-bond acceptors (Lipinski definition) is 5. The Kier molecular flexibility index (Phi) is 5.90. The second-order valence-corrected chi connectivity index (χ2v) is 8.90. The summed E-state index contributed by atoms with van der Waals surface area (Å²) in [6.07, 6.45) is 0. The van der Waals surface area contributed by atoms with E-state index in [1.165, 1.54) is 23.5 Å². The van der Waals surface area contributed by atoms with Crippen LogP contribution in [-0.2, 0) is 14.6 Å². The summed E-state index contributed by atoms with van der Waals surface area (Å²) >= 11 is 1.30. The molecule has 1 aliphatic rings. The van der Waals surface area contributed by atoms with Crippen molar-refractivity contribution >= 4 is 27.2 Å². The Morgan fingerprint density at radius 3 is 2.54 bits per heavy atom. The summed E-state index contributed by atoms with van der Waals surface area (Å²) < 4.78 is 44.4. The predicted molar refractivity (Wildman–Crippen MR) is 96.4 cm³/mol. The van der Waals surface area contributed by atoms with Crippen LogP contribution in [0.5, 0.6) is 0 Å². The molecule has 2 aromatic rings. The molecule has 1 N–H and O–H groups in total. The first-order valence-electron chi connectivity index (χ1n) is 8.12. The van der Waals surface area contributed by atoms with E-state index >= 15 is 0 Å². The van der Waals surface area contributed by atoms with Crippen molar-refractivity contribution in [1.82, 2.24) is 10.2 Å². The van der Waals surface area contributed by atoms with E-state index in [2.05, 4.69) is 5.32 Å². The maximum Gasteiger partial charge on any atom is 0.317 e. The third-order valence-corrected chi connectivity index (χ3v) is 7.35. The van der Waals surface area contributed by atoms with Crippen molar-refractivity contribution in [2.24, 2.45) is 0 Å². The van der Waals surface area contributed by atoms with Gasteiger partial charge in [-0.3, -0.25) is 0 Å². The number of thiophene rings is 1. The molecule has 0 bridgehead atoms. The number of rotatable bonds is 5. The highest BCUT2D eigenvalue weighted by Crippen LogP contribution is 2.31. The Hall–Kier alpha value is -1.97. The molecule has 1 saturated heterocycles. The van der Waals surface area contributed by atoms with Crippen LogP contribution in [0, 0.1) is 5.82 Å². The molecule has 1 fully saturated rings. The number of morpholine rings is 1. The van der Waals surface area contributed by atoms with Gasteiger partial charge in [-0.25, -0.2) is 17.6 Å². The molecule has 1 aromatic carbocycles. The zero-order valence-electron chi connectivity index (χ0n) is 13.9. The van der Waals surface area contributed by atoms with Crippen LogP contribution in [0.2, 0.25) is 0 Å². The standard InChI is InChI=1S/C17H19FN2O4S2/c18-13-3-5-14(6-4-13)26(22,23)16(15-2-1-11-25-15)12-19-17(21)20-7-9-24-10-8-20/h1-6,11,16H,7-10,12H2,(H,19,21). The van der Waals surface area contributed by atoms with Gasteiger partial charge in [0.1, 0.15) is 11.1 Å². The summed E-state index contributed by atoms with van der Waals surface area (Å²) in [7, 11) is -3.78. The van der Waals surface area contributed by atoms with E-state index in [4.69, 9.17) is 4.74 Å². The van der Waals surface area contributed by atoms with Crippen molar-refractivity contribution in [2.45, 2.75) is 10.1 Å². The van der Waals surface area contributed by atoms with E-state index in [0.29, 0.717) is 31.2 Å². The molecule has 140 valence electrons. The van der Waals surface area contributed by atoms with E-state index in [1.54, 1.807) is 22.4 Å². The maximum atomic E-state index is 13.1. The molecule has 1 unspecified atom stereocenters. The third kappa shape index (κ3) is 4.22. The van der Waals surface area contributed by atoms with E-state index < -0.39 is 20.9 Å². The lowest BCUT2D eigenvalue weighted by Crippen LogP contribution is -2.47. The number of ether oxygens (including phenoxy) is 1. The van der Waals surface area contributed by atoms with Crippen LogP contribution in [0.15, 0.2) is 46.7 Å². The molecule has 26 heavy (non-hydrogen) atoms. The van der Waals surface area contributed by atoms with Crippen LogP contribution in [0.1, 0.15) is 10.1 Å². The Morgan fingerprint density at radius 1 is 1.23 bits per heavy atom. The minimum atomic E-state index is -3.78. The number of carbonyl (C=O) groups excluding carboxylic acids is 1. The van der Waals surface area contributed by atoms with Gasteiger partial charge in [0.15, 0.2) is 9.84 Å². The van der Waals surface area contributed by atoms with Crippen molar-refractivity contribution < 1.29 is 22.3 Å². The van der Waals surface area contributed by atoms with Gasteiger partial charge in [-0.1, -0.05) is 6.07 Å². The average molecular weight is 398 g/mol. The summed E-state index contributed by atoms with van der Waals surface area (Å²) in [6, 6.07) is 7.89. The second-order valence-electron chi connectivity index (χ2n) is 5.79. The van der Waals surface area contributed by atoms with Crippen LogP contribution >= 0.6 is 11.3 Å². The molecule has 6 nitrogen and oxygen atoms in total. The van der Waals surface area contributed by atoms with Crippen LogP contribution in [0.4, 0.5) is 9.18 Å². The van der Waals surface area contributed by atoms with E-state index in [0.717, 1.165) is 12.1 Å². The van der Waals surface area contributed by atoms with Crippen molar-refractivity contribution in [3.63, 3.8) is 0 Å². The molecule has 0 radical (unpaired) electrons. The summed E-state index contributed by atoms with van der Waals surface area (Å²) in [5.74, 6) is -0.503. The minimum Gasteiger partial charge on any atom is -0.378 e. The number of nitrogens with one attached hydrogen (secondary N) is 1. The number of amides is 2. The number of sulfone groups is 1. The molecule has 9 heteroatoms. The largest absolute Gasteiger partial charge is 0.378 e. The number of benzene rings is 1. The van der Waals surface area contributed by atoms with Gasteiger partial charge in [0.05, 0.1) is 18.1 Å². The molecule has 0 spiro atoms. The quantitative estimate of drug-likeness (QED) is 0.785. The third-order valence-electron chi connectivity index (χ3n) is 4.11. The number of hydrogen-bond donors (Lipinski definition) is 1. The van der Waals surface area contributed by atoms with Crippen LogP contribution in [0.25, 0.3) is 0 Å². The van der Waals surface area contributed by atoms with Gasteiger partial charge in [0.2, 0.25) is 0 Å². The molecule has 1 atom stereocenters. The van der Waals surface area contributed by atoms with Gasteiger partial charge >= 0.3 is 6.03 Å². The molecule has 0 aliphatic carbocycles. The van der Waals surface area contributed by atoms with Crippen LogP contribution in [-0.4, -0.2) is 52.2 Å². The van der Waals surface area contributed by atoms with Gasteiger partial charge in [-0.05, 0) is 35.7 Å². The van der Waals surface area contributed by atoms with Gasteiger partial charge in [0.25, 0.3) is 0 Å². The van der Waals surface area contributed by atoms with Gasteiger partial charge in [0, 0.05) is 24.5 Å². The highest BCUT2D eigenvalue weighted by Gasteiger charge is 2.31. The highest BCUT2D eigenvalue weighted by molar-refractivity contribution is 7.91. The summed E-state index contributed by atoms with van der Waals surface area (Å²) in [5.41, 5.74) is 0. The maximum absolute atomic E-state index is 13.1. The van der Waals surface area contributed by atoms with E-state index in [1.807, 2.05) is 0 Å². The number of halogens is 1. The Morgan fingerprint density at radius 2 is 1.92 bits per heavy atom. The molecule has 2 heterocycles. The minimum absolute atomic E-state index is 0.0259. The first kappa shape index (κ1) is 18.8. The van der Waals surface area contributed by atoms with Crippen molar-refractivity contribution in [1.29, 1.82) is 0 Å². The van der Waals surface area contributed by atoms with Crippen LogP contribution in [0.3, 0.4) is 0 Å². The van der Waals surface area contributed by atoms with Crippen molar-refractivity contribution in [2.75, 3.05) is 32.8 Å². The summed E-state index contributed by atoms with van der Waals surface area (Å²) in [6.45, 7) is 1.82. The first-order chi connectivity index (χ1) is 12.5. The zero-order valence-corrected chi connectivity index (χ0v) is 15.6. The summed E-state index contributed by atoms with van der Waals surface area (Å²) in [4.78, 5) is 14.5. The van der Waals surface area contributed by atoms with E-state index in [9.17, 15) is 17.6 Å².